The highest BCUT2D eigenvalue weighted by atomic mass is 16.4. The second-order valence-electron chi connectivity index (χ2n) is 5.61. The lowest BCUT2D eigenvalue weighted by molar-refractivity contribution is -0.302. The Kier molecular flexibility index (Phi) is 4.14. The molecule has 2 aromatic heterocycles. The molecule has 0 radical (unpaired) electrons. The summed E-state index contributed by atoms with van der Waals surface area (Å²) in [5.74, 6) is -1.12. The van der Waals surface area contributed by atoms with Gasteiger partial charge >= 0.3 is 5.69 Å². The Morgan fingerprint density at radius 2 is 1.84 bits per heavy atom. The number of carboxylic acid groups (broad SMARTS) is 1. The largest absolute Gasteiger partial charge is 0.548 e. The summed E-state index contributed by atoms with van der Waals surface area (Å²) >= 11 is 0. The molecule has 0 unspecified atom stereocenters. The molecular formula is C16H16N5O4-. The lowest BCUT2D eigenvalue weighted by atomic mass is 10.2. The predicted molar refractivity (Wildman–Crippen MR) is 89.3 cm³/mol. The zero-order valence-electron chi connectivity index (χ0n) is 13.7. The maximum absolute atomic E-state index is 12.6. The van der Waals surface area contributed by atoms with Crippen LogP contribution in [0.15, 0.2) is 39.9 Å². The van der Waals surface area contributed by atoms with E-state index in [1.54, 1.807) is 4.57 Å². The fourth-order valence-electron chi connectivity index (χ4n) is 2.65. The standard InChI is InChI=1S/C16H17N5O4/c1-19-13-12(14(24)20(2)16(19)25)21(9-10-6-4-3-5-7-10)15(18-13)17-8-11(22)23/h3-7H,8-9H2,1-2H3,(H,17,18)(H,22,23)/p-1. The van der Waals surface area contributed by atoms with E-state index in [0.29, 0.717) is 6.54 Å². The van der Waals surface area contributed by atoms with Gasteiger partial charge in [-0.1, -0.05) is 30.3 Å². The van der Waals surface area contributed by atoms with Crippen molar-refractivity contribution in [1.82, 2.24) is 18.7 Å². The number of nitrogens with one attached hydrogen (secondary N) is 1. The van der Waals surface area contributed by atoms with Crippen molar-refractivity contribution in [2.24, 2.45) is 14.1 Å². The number of hydrogen-bond acceptors (Lipinski definition) is 6. The molecule has 1 N–H and O–H groups in total. The lowest BCUT2D eigenvalue weighted by Crippen LogP contribution is -2.37. The molecule has 1 aromatic carbocycles. The normalized spacial score (nSPS) is 11.0. The van der Waals surface area contributed by atoms with Crippen LogP contribution in [0.3, 0.4) is 0 Å². The molecule has 0 amide bonds. The quantitative estimate of drug-likeness (QED) is 0.613. The maximum atomic E-state index is 12.6. The summed E-state index contributed by atoms with van der Waals surface area (Å²) in [6, 6.07) is 9.34. The molecule has 2 heterocycles. The Bertz CT molecular complexity index is 1060. The molecule has 0 atom stereocenters. The van der Waals surface area contributed by atoms with E-state index in [9.17, 15) is 19.5 Å². The molecule has 0 saturated heterocycles. The van der Waals surface area contributed by atoms with Crippen LogP contribution >= 0.6 is 0 Å². The van der Waals surface area contributed by atoms with Crippen LogP contribution in [0.1, 0.15) is 5.56 Å². The number of aryl methyl sites for hydroxylation is 1. The maximum Gasteiger partial charge on any atom is 0.332 e. The molecule has 25 heavy (non-hydrogen) atoms. The molecule has 3 aromatic rings. The Hall–Kier alpha value is -3.36. The fourth-order valence-corrected chi connectivity index (χ4v) is 2.65. The van der Waals surface area contributed by atoms with E-state index >= 15 is 0 Å². The first-order valence-corrected chi connectivity index (χ1v) is 7.54. The van der Waals surface area contributed by atoms with Crippen molar-refractivity contribution in [3.8, 4) is 0 Å². The monoisotopic (exact) mass is 342 g/mol. The van der Waals surface area contributed by atoms with E-state index in [2.05, 4.69) is 10.3 Å². The van der Waals surface area contributed by atoms with Gasteiger partial charge in [-0.15, -0.1) is 0 Å². The molecule has 3 rings (SSSR count). The topological polar surface area (TPSA) is 114 Å². The molecule has 0 aliphatic heterocycles. The molecule has 9 heteroatoms. The molecule has 0 saturated carbocycles. The molecule has 9 nitrogen and oxygen atoms in total. The number of aromatic nitrogens is 4. The van der Waals surface area contributed by atoms with E-state index in [4.69, 9.17) is 0 Å². The zero-order valence-corrected chi connectivity index (χ0v) is 13.7. The van der Waals surface area contributed by atoms with E-state index < -0.39 is 23.8 Å². The van der Waals surface area contributed by atoms with Gasteiger partial charge in [0.2, 0.25) is 5.95 Å². The van der Waals surface area contributed by atoms with Gasteiger partial charge in [0.15, 0.2) is 11.2 Å². The Morgan fingerprint density at radius 3 is 2.48 bits per heavy atom. The number of anilines is 1. The summed E-state index contributed by atoms with van der Waals surface area (Å²) in [6.07, 6.45) is 0. The third-order valence-corrected chi connectivity index (χ3v) is 3.92. The van der Waals surface area contributed by atoms with E-state index in [1.165, 1.54) is 18.7 Å². The van der Waals surface area contributed by atoms with Crippen LogP contribution in [-0.4, -0.2) is 31.2 Å². The lowest BCUT2D eigenvalue weighted by Gasteiger charge is -2.11. The van der Waals surface area contributed by atoms with Crippen LogP contribution in [0.5, 0.6) is 0 Å². The predicted octanol–water partition coefficient (Wildman–Crippen LogP) is -1.36. The minimum atomic E-state index is -1.31. The van der Waals surface area contributed by atoms with Crippen molar-refractivity contribution in [3.05, 3.63) is 56.7 Å². The Morgan fingerprint density at radius 1 is 1.16 bits per heavy atom. The van der Waals surface area contributed by atoms with Crippen molar-refractivity contribution in [3.63, 3.8) is 0 Å². The SMILES string of the molecule is Cn1c(=O)c2c(nc(NCC(=O)[O-])n2Cc2ccccc2)n(C)c1=O. The van der Waals surface area contributed by atoms with Crippen LogP contribution in [0.25, 0.3) is 11.2 Å². The molecular weight excluding hydrogens is 326 g/mol. The number of rotatable bonds is 5. The minimum absolute atomic E-state index is 0.182. The molecule has 0 bridgehead atoms. The highest BCUT2D eigenvalue weighted by Crippen LogP contribution is 2.17. The van der Waals surface area contributed by atoms with Crippen molar-refractivity contribution >= 4 is 23.1 Å². The number of carbonyl (C=O) groups excluding carboxylic acids is 1. The molecule has 0 spiro atoms. The van der Waals surface area contributed by atoms with Crippen molar-refractivity contribution in [1.29, 1.82) is 0 Å². The minimum Gasteiger partial charge on any atom is -0.548 e. The second-order valence-corrected chi connectivity index (χ2v) is 5.61. The highest BCUT2D eigenvalue weighted by Gasteiger charge is 2.19. The van der Waals surface area contributed by atoms with Gasteiger partial charge in [0.1, 0.15) is 0 Å². The number of hydrogen-bond donors (Lipinski definition) is 1. The smallest absolute Gasteiger partial charge is 0.332 e. The average molecular weight is 342 g/mol. The summed E-state index contributed by atoms with van der Waals surface area (Å²) < 4.78 is 3.81. The van der Waals surface area contributed by atoms with Gasteiger partial charge in [-0.2, -0.15) is 4.98 Å². The van der Waals surface area contributed by atoms with Gasteiger partial charge in [0.05, 0.1) is 19.1 Å². The van der Waals surface area contributed by atoms with E-state index in [-0.39, 0.29) is 17.1 Å². The number of benzene rings is 1. The molecule has 0 aliphatic rings. The third-order valence-electron chi connectivity index (χ3n) is 3.92. The first-order chi connectivity index (χ1) is 11.9. The summed E-state index contributed by atoms with van der Waals surface area (Å²) in [4.78, 5) is 39.7. The van der Waals surface area contributed by atoms with Crippen LogP contribution in [0.2, 0.25) is 0 Å². The number of aliphatic carboxylic acids is 1. The summed E-state index contributed by atoms with van der Waals surface area (Å²) in [6.45, 7) is -0.174. The van der Waals surface area contributed by atoms with Crippen LogP contribution in [-0.2, 0) is 25.4 Å². The van der Waals surface area contributed by atoms with Gasteiger partial charge < -0.3 is 15.2 Å². The Balaban J connectivity index is 2.26. The number of imidazole rings is 1. The summed E-state index contributed by atoms with van der Waals surface area (Å²) in [5.41, 5.74) is 0.296. The van der Waals surface area contributed by atoms with E-state index in [1.807, 2.05) is 30.3 Å². The third kappa shape index (κ3) is 2.91. The van der Waals surface area contributed by atoms with Crippen molar-refractivity contribution in [2.45, 2.75) is 6.54 Å². The van der Waals surface area contributed by atoms with E-state index in [0.717, 1.165) is 10.1 Å². The molecule has 130 valence electrons. The number of fused-ring (bicyclic) bond motifs is 1. The first kappa shape index (κ1) is 16.5. The van der Waals surface area contributed by atoms with Crippen LogP contribution in [0.4, 0.5) is 5.95 Å². The van der Waals surface area contributed by atoms with Gasteiger partial charge in [0.25, 0.3) is 5.56 Å². The van der Waals surface area contributed by atoms with Gasteiger partial charge in [-0.3, -0.25) is 18.5 Å². The average Bonchev–Trinajstić information content (AvgIpc) is 2.95. The van der Waals surface area contributed by atoms with Crippen molar-refractivity contribution in [2.75, 3.05) is 11.9 Å². The fraction of sp³-hybridized carbons (Fsp3) is 0.250. The van der Waals surface area contributed by atoms with Gasteiger partial charge in [-0.25, -0.2) is 4.79 Å². The van der Waals surface area contributed by atoms with Crippen LogP contribution in [0, 0.1) is 0 Å². The number of carboxylic acids is 1. The zero-order chi connectivity index (χ0) is 18.1. The van der Waals surface area contributed by atoms with Crippen LogP contribution < -0.4 is 21.7 Å². The molecule has 0 fully saturated rings. The number of nitrogens with zero attached hydrogens (tertiary/aromatic N) is 4. The highest BCUT2D eigenvalue weighted by molar-refractivity contribution is 5.76. The Labute approximate surface area is 141 Å². The summed E-state index contributed by atoms with van der Waals surface area (Å²) in [7, 11) is 2.89. The first-order valence-electron chi connectivity index (χ1n) is 7.54. The van der Waals surface area contributed by atoms with Gasteiger partial charge in [-0.05, 0) is 5.56 Å². The second kappa shape index (κ2) is 6.27. The summed E-state index contributed by atoms with van der Waals surface area (Å²) in [5, 5.41) is 13.4. The van der Waals surface area contributed by atoms with Crippen molar-refractivity contribution < 1.29 is 9.90 Å². The molecule has 0 aliphatic carbocycles. The van der Waals surface area contributed by atoms with Gasteiger partial charge in [0, 0.05) is 14.1 Å². The number of carbonyl (C=O) groups is 1.